The molecule has 15 heavy (non-hydrogen) atoms. The van der Waals surface area contributed by atoms with Crippen LogP contribution < -0.4 is 0 Å². The van der Waals surface area contributed by atoms with Gasteiger partial charge in [-0.3, -0.25) is 4.79 Å². The first-order valence-electron chi connectivity index (χ1n) is 4.30. The van der Waals surface area contributed by atoms with Crippen LogP contribution in [-0.4, -0.2) is 61.4 Å². The highest BCUT2D eigenvalue weighted by atomic mass is 35.5. The van der Waals surface area contributed by atoms with Gasteiger partial charge in [-0.1, -0.05) is 0 Å². The maximum Gasteiger partial charge on any atom is 0.283 e. The molecular weight excluding hydrogens is 228 g/mol. The van der Waals surface area contributed by atoms with Gasteiger partial charge in [-0.05, 0) is 11.6 Å². The standard InChI is InChI=1S/C8H15ClO6/c1-13-8(12,7(9)11)6-15-5-4-14-3-2-10/h10,12H,2-6H2,1H3. The topological polar surface area (TPSA) is 85.2 Å². The van der Waals surface area contributed by atoms with Gasteiger partial charge in [0.05, 0.1) is 26.4 Å². The normalized spacial score (nSPS) is 14.9. The molecule has 0 amide bonds. The highest BCUT2D eigenvalue weighted by Gasteiger charge is 2.35. The monoisotopic (exact) mass is 242 g/mol. The molecule has 0 saturated carbocycles. The third-order valence-electron chi connectivity index (χ3n) is 1.55. The molecule has 0 aromatic carbocycles. The number of rotatable bonds is 9. The van der Waals surface area contributed by atoms with E-state index in [0.29, 0.717) is 0 Å². The fourth-order valence-corrected chi connectivity index (χ4v) is 0.823. The molecule has 0 saturated heterocycles. The van der Waals surface area contributed by atoms with E-state index in [9.17, 15) is 9.90 Å². The van der Waals surface area contributed by atoms with Crippen LogP contribution in [0.25, 0.3) is 0 Å². The van der Waals surface area contributed by atoms with Crippen LogP contribution in [0.4, 0.5) is 0 Å². The summed E-state index contributed by atoms with van der Waals surface area (Å²) in [5, 5.41) is 16.7. The Morgan fingerprint density at radius 3 is 2.40 bits per heavy atom. The first-order valence-corrected chi connectivity index (χ1v) is 4.68. The summed E-state index contributed by atoms with van der Waals surface area (Å²) in [5.74, 6) is -2.11. The van der Waals surface area contributed by atoms with Crippen LogP contribution in [0, 0.1) is 0 Å². The average Bonchev–Trinajstić information content (AvgIpc) is 2.22. The quantitative estimate of drug-likeness (QED) is 0.310. The van der Waals surface area contributed by atoms with Crippen molar-refractivity contribution in [3.8, 4) is 0 Å². The SMILES string of the molecule is COC(O)(COCCOCCO)C(=O)Cl. The lowest BCUT2D eigenvalue weighted by atomic mass is 10.3. The molecule has 0 aromatic rings. The third-order valence-corrected chi connectivity index (χ3v) is 1.85. The summed E-state index contributed by atoms with van der Waals surface area (Å²) < 4.78 is 14.3. The van der Waals surface area contributed by atoms with Gasteiger partial charge in [0.2, 0.25) is 0 Å². The van der Waals surface area contributed by atoms with Crippen LogP contribution in [0.1, 0.15) is 0 Å². The number of methoxy groups -OCH3 is 1. The molecule has 1 atom stereocenters. The largest absolute Gasteiger partial charge is 0.394 e. The van der Waals surface area contributed by atoms with Gasteiger partial charge in [0.25, 0.3) is 11.0 Å². The lowest BCUT2D eigenvalue weighted by Gasteiger charge is -2.21. The average molecular weight is 243 g/mol. The smallest absolute Gasteiger partial charge is 0.283 e. The molecule has 2 N–H and O–H groups in total. The first kappa shape index (κ1) is 14.8. The maximum absolute atomic E-state index is 10.7. The second kappa shape index (κ2) is 7.98. The highest BCUT2D eigenvalue weighted by molar-refractivity contribution is 6.65. The number of carbonyl (C=O) groups excluding carboxylic acids is 1. The van der Waals surface area contributed by atoms with Crippen LogP contribution in [0.15, 0.2) is 0 Å². The van der Waals surface area contributed by atoms with Gasteiger partial charge < -0.3 is 24.4 Å². The van der Waals surface area contributed by atoms with Crippen molar-refractivity contribution in [3.63, 3.8) is 0 Å². The van der Waals surface area contributed by atoms with Crippen molar-refractivity contribution in [3.05, 3.63) is 0 Å². The van der Waals surface area contributed by atoms with E-state index in [1.54, 1.807) is 0 Å². The van der Waals surface area contributed by atoms with Crippen LogP contribution in [0.2, 0.25) is 0 Å². The molecule has 90 valence electrons. The van der Waals surface area contributed by atoms with Gasteiger partial charge in [0.15, 0.2) is 0 Å². The predicted molar refractivity (Wildman–Crippen MR) is 51.5 cm³/mol. The summed E-state index contributed by atoms with van der Waals surface area (Å²) in [4.78, 5) is 10.7. The molecule has 0 aliphatic carbocycles. The summed E-state index contributed by atoms with van der Waals surface area (Å²) in [6, 6.07) is 0. The Labute approximate surface area is 92.7 Å². The van der Waals surface area contributed by atoms with Gasteiger partial charge >= 0.3 is 0 Å². The van der Waals surface area contributed by atoms with E-state index < -0.39 is 11.0 Å². The number of aliphatic hydroxyl groups is 2. The van der Waals surface area contributed by atoms with Gasteiger partial charge in [-0.25, -0.2) is 0 Å². The van der Waals surface area contributed by atoms with Crippen molar-refractivity contribution in [1.82, 2.24) is 0 Å². The predicted octanol–water partition coefficient (Wildman–Crippen LogP) is -0.888. The number of carbonyl (C=O) groups is 1. The second-order valence-corrected chi connectivity index (χ2v) is 2.99. The molecule has 0 spiro atoms. The van der Waals surface area contributed by atoms with E-state index in [1.165, 1.54) is 0 Å². The van der Waals surface area contributed by atoms with E-state index in [2.05, 4.69) is 4.74 Å². The Morgan fingerprint density at radius 2 is 1.93 bits per heavy atom. The molecule has 7 heteroatoms. The molecule has 0 radical (unpaired) electrons. The summed E-state index contributed by atoms with van der Waals surface area (Å²) in [7, 11) is 1.14. The zero-order valence-corrected chi connectivity index (χ0v) is 9.20. The molecule has 1 unspecified atom stereocenters. The van der Waals surface area contributed by atoms with Gasteiger partial charge in [-0.2, -0.15) is 0 Å². The van der Waals surface area contributed by atoms with Crippen molar-refractivity contribution in [2.75, 3.05) is 40.1 Å². The number of ether oxygens (including phenoxy) is 3. The van der Waals surface area contributed by atoms with Crippen molar-refractivity contribution >= 4 is 16.8 Å². The Hall–Kier alpha value is -0.240. The van der Waals surface area contributed by atoms with Crippen molar-refractivity contribution in [1.29, 1.82) is 0 Å². The minimum atomic E-state index is -2.11. The van der Waals surface area contributed by atoms with Gasteiger partial charge in [0, 0.05) is 7.11 Å². The number of hydrogen-bond acceptors (Lipinski definition) is 6. The molecule has 6 nitrogen and oxygen atoms in total. The Bertz CT molecular complexity index is 188. The van der Waals surface area contributed by atoms with Gasteiger partial charge in [0.1, 0.15) is 6.61 Å². The number of aliphatic hydroxyl groups excluding tert-OH is 1. The molecule has 0 heterocycles. The Kier molecular flexibility index (Phi) is 7.85. The highest BCUT2D eigenvalue weighted by Crippen LogP contribution is 2.10. The minimum absolute atomic E-state index is 0.0673. The van der Waals surface area contributed by atoms with Crippen LogP contribution >= 0.6 is 11.6 Å². The summed E-state index contributed by atoms with van der Waals surface area (Å²) in [6.07, 6.45) is 0. The van der Waals surface area contributed by atoms with Crippen LogP contribution in [0.5, 0.6) is 0 Å². The zero-order valence-electron chi connectivity index (χ0n) is 8.44. The number of hydrogen-bond donors (Lipinski definition) is 2. The van der Waals surface area contributed by atoms with Crippen LogP contribution in [0.3, 0.4) is 0 Å². The van der Waals surface area contributed by atoms with E-state index in [0.717, 1.165) is 7.11 Å². The maximum atomic E-state index is 10.7. The van der Waals surface area contributed by atoms with E-state index >= 15 is 0 Å². The van der Waals surface area contributed by atoms with Crippen molar-refractivity contribution < 1.29 is 29.2 Å². The fraction of sp³-hybridized carbons (Fsp3) is 0.875. The zero-order chi connectivity index (χ0) is 11.7. The van der Waals surface area contributed by atoms with E-state index in [-0.39, 0.29) is 33.0 Å². The summed E-state index contributed by atoms with van der Waals surface area (Å²) in [6.45, 7) is 0.190. The van der Waals surface area contributed by atoms with Gasteiger partial charge in [-0.15, -0.1) is 0 Å². The van der Waals surface area contributed by atoms with Crippen molar-refractivity contribution in [2.24, 2.45) is 0 Å². The number of halogens is 1. The Balaban J connectivity index is 3.60. The third kappa shape index (κ3) is 6.03. The molecule has 0 aliphatic heterocycles. The lowest BCUT2D eigenvalue weighted by molar-refractivity contribution is -0.208. The molecule has 0 aliphatic rings. The fourth-order valence-electron chi connectivity index (χ4n) is 0.691. The molecule has 0 rings (SSSR count). The molecule has 0 fully saturated rings. The summed E-state index contributed by atoms with van der Waals surface area (Å²) in [5.41, 5.74) is 0. The molecular formula is C8H15ClO6. The van der Waals surface area contributed by atoms with Crippen molar-refractivity contribution in [2.45, 2.75) is 5.79 Å². The van der Waals surface area contributed by atoms with E-state index in [1.807, 2.05) is 0 Å². The van der Waals surface area contributed by atoms with Crippen LogP contribution in [-0.2, 0) is 19.0 Å². The lowest BCUT2D eigenvalue weighted by Crippen LogP contribution is -2.42. The molecule has 0 aromatic heterocycles. The Morgan fingerprint density at radius 1 is 1.33 bits per heavy atom. The minimum Gasteiger partial charge on any atom is -0.394 e. The second-order valence-electron chi connectivity index (χ2n) is 2.65. The van der Waals surface area contributed by atoms with E-state index in [4.69, 9.17) is 26.2 Å². The molecule has 0 bridgehead atoms. The first-order chi connectivity index (χ1) is 7.06. The summed E-state index contributed by atoms with van der Waals surface area (Å²) >= 11 is 5.09.